The van der Waals surface area contributed by atoms with Gasteiger partial charge in [-0.05, 0) is 12.0 Å². The summed E-state index contributed by atoms with van der Waals surface area (Å²) in [5, 5.41) is 0. The summed E-state index contributed by atoms with van der Waals surface area (Å²) >= 11 is 0. The van der Waals surface area contributed by atoms with Crippen LogP contribution < -0.4 is 0 Å². The normalized spacial score (nSPS) is 25.9. The second kappa shape index (κ2) is 3.88. The van der Waals surface area contributed by atoms with E-state index >= 15 is 0 Å². The van der Waals surface area contributed by atoms with Crippen molar-refractivity contribution in [1.29, 1.82) is 0 Å². The van der Waals surface area contributed by atoms with Gasteiger partial charge >= 0.3 is 0 Å². The first-order valence-electron chi connectivity index (χ1n) is 4.62. The molecule has 1 aliphatic carbocycles. The highest BCUT2D eigenvalue weighted by Gasteiger charge is 2.37. The Bertz CT molecular complexity index is 260. The van der Waals surface area contributed by atoms with Crippen LogP contribution in [-0.2, 0) is 11.3 Å². The predicted octanol–water partition coefficient (Wildman–Crippen LogP) is 2.56. The fraction of sp³-hybridized carbons (Fsp3) is 0.455. The van der Waals surface area contributed by atoms with Crippen LogP contribution in [-0.4, -0.2) is 12.8 Å². The SMILES string of the molecule is FC1CC1COCc1ccccc1. The molecule has 0 saturated heterocycles. The molecule has 2 unspecified atom stereocenters. The molecule has 1 fully saturated rings. The first-order chi connectivity index (χ1) is 6.36. The van der Waals surface area contributed by atoms with Gasteiger partial charge in [-0.2, -0.15) is 0 Å². The summed E-state index contributed by atoms with van der Waals surface area (Å²) < 4.78 is 17.8. The number of hydrogen-bond acceptors (Lipinski definition) is 1. The van der Waals surface area contributed by atoms with Crippen LogP contribution in [0.2, 0.25) is 0 Å². The van der Waals surface area contributed by atoms with Crippen LogP contribution in [0.25, 0.3) is 0 Å². The second-order valence-corrected chi connectivity index (χ2v) is 3.51. The summed E-state index contributed by atoms with van der Waals surface area (Å²) in [6.45, 7) is 1.17. The van der Waals surface area contributed by atoms with Crippen LogP contribution in [0.5, 0.6) is 0 Å². The molecule has 0 amide bonds. The summed E-state index contributed by atoms with van der Waals surface area (Å²) in [5.74, 6) is 0.170. The van der Waals surface area contributed by atoms with Crippen molar-refractivity contribution < 1.29 is 9.13 Å². The highest BCUT2D eigenvalue weighted by Crippen LogP contribution is 2.33. The third kappa shape index (κ3) is 2.52. The fourth-order valence-electron chi connectivity index (χ4n) is 1.29. The van der Waals surface area contributed by atoms with Crippen molar-refractivity contribution >= 4 is 0 Å². The molecule has 0 radical (unpaired) electrons. The zero-order chi connectivity index (χ0) is 9.10. The minimum atomic E-state index is -0.601. The number of ether oxygens (including phenoxy) is 1. The summed E-state index contributed by atoms with van der Waals surface area (Å²) in [7, 11) is 0. The van der Waals surface area contributed by atoms with Crippen LogP contribution in [0, 0.1) is 5.92 Å². The van der Waals surface area contributed by atoms with E-state index < -0.39 is 6.17 Å². The Kier molecular flexibility index (Phi) is 2.60. The lowest BCUT2D eigenvalue weighted by molar-refractivity contribution is 0.105. The molecular weight excluding hydrogens is 167 g/mol. The average molecular weight is 180 g/mol. The molecular formula is C11H13FO. The number of benzene rings is 1. The molecule has 2 rings (SSSR count). The van der Waals surface area contributed by atoms with Crippen molar-refractivity contribution in [3.05, 3.63) is 35.9 Å². The Morgan fingerprint density at radius 3 is 2.62 bits per heavy atom. The topological polar surface area (TPSA) is 9.23 Å². The number of alkyl halides is 1. The predicted molar refractivity (Wildman–Crippen MR) is 49.1 cm³/mol. The number of rotatable bonds is 4. The highest BCUT2D eigenvalue weighted by atomic mass is 19.1. The van der Waals surface area contributed by atoms with Crippen LogP contribution >= 0.6 is 0 Å². The van der Waals surface area contributed by atoms with Crippen molar-refractivity contribution in [1.82, 2.24) is 0 Å². The lowest BCUT2D eigenvalue weighted by Gasteiger charge is -2.02. The minimum Gasteiger partial charge on any atom is -0.376 e. The zero-order valence-corrected chi connectivity index (χ0v) is 7.45. The number of halogens is 1. The van der Waals surface area contributed by atoms with E-state index in [0.29, 0.717) is 19.6 Å². The third-order valence-corrected chi connectivity index (χ3v) is 2.28. The molecule has 1 aromatic rings. The highest BCUT2D eigenvalue weighted by molar-refractivity contribution is 5.13. The molecule has 0 aromatic heterocycles. The maximum absolute atomic E-state index is 12.4. The van der Waals surface area contributed by atoms with Gasteiger partial charge in [0.25, 0.3) is 0 Å². The minimum absolute atomic E-state index is 0.170. The second-order valence-electron chi connectivity index (χ2n) is 3.51. The Morgan fingerprint density at radius 1 is 1.31 bits per heavy atom. The van der Waals surface area contributed by atoms with Gasteiger partial charge in [-0.15, -0.1) is 0 Å². The first kappa shape index (κ1) is 8.70. The van der Waals surface area contributed by atoms with E-state index in [1.54, 1.807) is 0 Å². The van der Waals surface area contributed by atoms with Gasteiger partial charge in [0, 0.05) is 5.92 Å². The smallest absolute Gasteiger partial charge is 0.106 e. The van der Waals surface area contributed by atoms with E-state index in [4.69, 9.17) is 4.74 Å². The fourth-order valence-corrected chi connectivity index (χ4v) is 1.29. The first-order valence-corrected chi connectivity index (χ1v) is 4.62. The molecule has 0 aliphatic heterocycles. The maximum atomic E-state index is 12.4. The van der Waals surface area contributed by atoms with Crippen molar-refractivity contribution in [2.45, 2.75) is 19.2 Å². The van der Waals surface area contributed by atoms with E-state index in [0.717, 1.165) is 5.56 Å². The molecule has 2 atom stereocenters. The maximum Gasteiger partial charge on any atom is 0.106 e. The molecule has 1 aromatic carbocycles. The van der Waals surface area contributed by atoms with Crippen molar-refractivity contribution in [3.63, 3.8) is 0 Å². The summed E-state index contributed by atoms with van der Waals surface area (Å²) in [6, 6.07) is 9.96. The molecule has 0 heterocycles. The average Bonchev–Trinajstić information content (AvgIpc) is 2.84. The quantitative estimate of drug-likeness (QED) is 0.692. The van der Waals surface area contributed by atoms with Gasteiger partial charge in [-0.3, -0.25) is 0 Å². The largest absolute Gasteiger partial charge is 0.376 e. The van der Waals surface area contributed by atoms with E-state index in [2.05, 4.69) is 0 Å². The van der Waals surface area contributed by atoms with Gasteiger partial charge in [0.2, 0.25) is 0 Å². The van der Waals surface area contributed by atoms with Gasteiger partial charge in [-0.25, -0.2) is 4.39 Å². The van der Waals surface area contributed by atoms with Crippen LogP contribution in [0.15, 0.2) is 30.3 Å². The van der Waals surface area contributed by atoms with Crippen molar-refractivity contribution in [3.8, 4) is 0 Å². The molecule has 70 valence electrons. The molecule has 0 spiro atoms. The molecule has 1 saturated carbocycles. The lowest BCUT2D eigenvalue weighted by atomic mass is 10.2. The Morgan fingerprint density at radius 2 is 2.00 bits per heavy atom. The molecule has 2 heteroatoms. The standard InChI is InChI=1S/C11H13FO/c12-11-6-10(11)8-13-7-9-4-2-1-3-5-9/h1-5,10-11H,6-8H2. The molecule has 1 nitrogen and oxygen atoms in total. The van der Waals surface area contributed by atoms with Crippen LogP contribution in [0.4, 0.5) is 4.39 Å². The van der Waals surface area contributed by atoms with Gasteiger partial charge in [-0.1, -0.05) is 30.3 Å². The van der Waals surface area contributed by atoms with Crippen molar-refractivity contribution in [2.75, 3.05) is 6.61 Å². The third-order valence-electron chi connectivity index (χ3n) is 2.28. The molecule has 0 N–H and O–H groups in total. The summed E-state index contributed by atoms with van der Waals surface area (Å²) in [4.78, 5) is 0. The van der Waals surface area contributed by atoms with Gasteiger partial charge < -0.3 is 4.74 Å². The van der Waals surface area contributed by atoms with Crippen LogP contribution in [0.3, 0.4) is 0 Å². The van der Waals surface area contributed by atoms with E-state index in [1.165, 1.54) is 0 Å². The number of hydrogen-bond donors (Lipinski definition) is 0. The zero-order valence-electron chi connectivity index (χ0n) is 7.45. The Labute approximate surface area is 77.5 Å². The van der Waals surface area contributed by atoms with Gasteiger partial charge in [0.1, 0.15) is 6.17 Å². The van der Waals surface area contributed by atoms with E-state index in [-0.39, 0.29) is 5.92 Å². The van der Waals surface area contributed by atoms with Gasteiger partial charge in [0.15, 0.2) is 0 Å². The van der Waals surface area contributed by atoms with Crippen molar-refractivity contribution in [2.24, 2.45) is 5.92 Å². The molecule has 13 heavy (non-hydrogen) atoms. The lowest BCUT2D eigenvalue weighted by Crippen LogP contribution is -1.98. The Hall–Kier alpha value is -0.890. The molecule has 0 bridgehead atoms. The molecule has 1 aliphatic rings. The summed E-state index contributed by atoms with van der Waals surface area (Å²) in [5.41, 5.74) is 1.15. The van der Waals surface area contributed by atoms with Gasteiger partial charge in [0.05, 0.1) is 13.2 Å². The summed E-state index contributed by atoms with van der Waals surface area (Å²) in [6.07, 6.45) is 0.0881. The van der Waals surface area contributed by atoms with E-state index in [9.17, 15) is 4.39 Å². The van der Waals surface area contributed by atoms with E-state index in [1.807, 2.05) is 30.3 Å². The monoisotopic (exact) mass is 180 g/mol. The Balaban J connectivity index is 1.68. The van der Waals surface area contributed by atoms with Crippen LogP contribution in [0.1, 0.15) is 12.0 Å².